The summed E-state index contributed by atoms with van der Waals surface area (Å²) >= 11 is 0. The van der Waals surface area contributed by atoms with E-state index in [4.69, 9.17) is 0 Å². The van der Waals surface area contributed by atoms with Crippen molar-refractivity contribution in [3.8, 4) is 0 Å². The molecule has 0 atom stereocenters. The molecule has 0 heterocycles. The van der Waals surface area contributed by atoms with Crippen molar-refractivity contribution in [1.29, 1.82) is 0 Å². The second-order valence-electron chi connectivity index (χ2n) is 2.38. The molecular weight excluding hydrogens is 141 g/mol. The van der Waals surface area contributed by atoms with Crippen molar-refractivity contribution in [1.82, 2.24) is 5.32 Å². The molecule has 1 aliphatic rings. The molecule has 0 aliphatic heterocycles. The highest BCUT2D eigenvalue weighted by atomic mass is 19.1. The van der Waals surface area contributed by atoms with E-state index < -0.39 is 0 Å². The van der Waals surface area contributed by atoms with Crippen molar-refractivity contribution in [2.24, 2.45) is 0 Å². The van der Waals surface area contributed by atoms with Gasteiger partial charge in [0.05, 0.1) is 0 Å². The third kappa shape index (κ3) is 2.58. The molecule has 0 amide bonds. The van der Waals surface area contributed by atoms with Gasteiger partial charge in [0.1, 0.15) is 5.83 Å². The summed E-state index contributed by atoms with van der Waals surface area (Å²) in [4.78, 5) is 0. The van der Waals surface area contributed by atoms with Crippen LogP contribution in [-0.4, -0.2) is 6.54 Å². The zero-order valence-corrected chi connectivity index (χ0v) is 6.60. The van der Waals surface area contributed by atoms with Crippen LogP contribution in [0.1, 0.15) is 13.3 Å². The third-order valence-corrected chi connectivity index (χ3v) is 1.46. The summed E-state index contributed by atoms with van der Waals surface area (Å²) in [5.41, 5.74) is 1.07. The zero-order chi connectivity index (χ0) is 8.10. The average Bonchev–Trinajstić information content (AvgIpc) is 2.17. The minimum Gasteiger partial charge on any atom is -0.388 e. The summed E-state index contributed by atoms with van der Waals surface area (Å²) in [6.45, 7) is 2.91. The first kappa shape index (κ1) is 8.05. The Morgan fingerprint density at radius 1 is 1.55 bits per heavy atom. The molecule has 0 aromatic heterocycles. The van der Waals surface area contributed by atoms with E-state index in [2.05, 4.69) is 5.32 Å². The van der Waals surface area contributed by atoms with Gasteiger partial charge >= 0.3 is 0 Å². The Bertz CT molecular complexity index is 214. The molecule has 0 saturated heterocycles. The van der Waals surface area contributed by atoms with Crippen molar-refractivity contribution < 1.29 is 4.39 Å². The molecule has 0 radical (unpaired) electrons. The molecule has 0 saturated carbocycles. The van der Waals surface area contributed by atoms with Crippen molar-refractivity contribution in [2.75, 3.05) is 6.54 Å². The molecule has 1 nitrogen and oxygen atoms in total. The van der Waals surface area contributed by atoms with E-state index in [-0.39, 0.29) is 5.83 Å². The fraction of sp³-hybridized carbons (Fsp3) is 0.333. The van der Waals surface area contributed by atoms with Crippen LogP contribution in [0, 0.1) is 0 Å². The largest absolute Gasteiger partial charge is 0.388 e. The summed E-state index contributed by atoms with van der Waals surface area (Å²) in [6.07, 6.45) is 7.34. The first-order chi connectivity index (χ1) is 5.33. The second-order valence-corrected chi connectivity index (χ2v) is 2.38. The SMILES string of the molecule is CCNC1=CC=C(F)C=CC1. The molecule has 0 unspecified atom stereocenters. The van der Waals surface area contributed by atoms with Gasteiger partial charge < -0.3 is 5.32 Å². The van der Waals surface area contributed by atoms with Gasteiger partial charge in [0, 0.05) is 18.7 Å². The quantitative estimate of drug-likeness (QED) is 0.641. The van der Waals surface area contributed by atoms with E-state index in [1.807, 2.05) is 13.0 Å². The average molecular weight is 153 g/mol. The Kier molecular flexibility index (Phi) is 2.90. The van der Waals surface area contributed by atoms with Crippen LogP contribution in [0.25, 0.3) is 0 Å². The summed E-state index contributed by atoms with van der Waals surface area (Å²) in [5.74, 6) is -0.182. The van der Waals surface area contributed by atoms with Crippen LogP contribution in [-0.2, 0) is 0 Å². The van der Waals surface area contributed by atoms with Gasteiger partial charge in [-0.2, -0.15) is 0 Å². The highest BCUT2D eigenvalue weighted by molar-refractivity contribution is 5.26. The first-order valence-corrected chi connectivity index (χ1v) is 3.79. The van der Waals surface area contributed by atoms with Crippen LogP contribution in [0.4, 0.5) is 4.39 Å². The van der Waals surface area contributed by atoms with E-state index in [1.54, 1.807) is 6.08 Å². The lowest BCUT2D eigenvalue weighted by Crippen LogP contribution is -2.10. The molecule has 0 aromatic rings. The van der Waals surface area contributed by atoms with E-state index in [0.717, 1.165) is 18.7 Å². The van der Waals surface area contributed by atoms with Crippen molar-refractivity contribution in [2.45, 2.75) is 13.3 Å². The van der Waals surface area contributed by atoms with Gasteiger partial charge in [-0.1, -0.05) is 6.08 Å². The standard InChI is InChI=1S/C9H12FN/c1-2-11-9-5-3-4-8(10)6-7-9/h3-4,6-7,11H,2,5H2,1H3. The Labute approximate surface area is 66.3 Å². The molecular formula is C9H12FN. The molecule has 1 rings (SSSR count). The Morgan fingerprint density at radius 2 is 2.36 bits per heavy atom. The topological polar surface area (TPSA) is 12.0 Å². The molecule has 11 heavy (non-hydrogen) atoms. The van der Waals surface area contributed by atoms with Gasteiger partial charge in [-0.15, -0.1) is 0 Å². The lowest BCUT2D eigenvalue weighted by atomic mass is 10.3. The van der Waals surface area contributed by atoms with E-state index in [9.17, 15) is 4.39 Å². The van der Waals surface area contributed by atoms with Gasteiger partial charge in [0.2, 0.25) is 0 Å². The normalized spacial score (nSPS) is 16.9. The lowest BCUT2D eigenvalue weighted by molar-refractivity contribution is 0.667. The molecule has 1 N–H and O–H groups in total. The number of hydrogen-bond acceptors (Lipinski definition) is 1. The van der Waals surface area contributed by atoms with E-state index >= 15 is 0 Å². The zero-order valence-electron chi connectivity index (χ0n) is 6.60. The highest BCUT2D eigenvalue weighted by Crippen LogP contribution is 2.09. The Hall–Kier alpha value is -1.05. The minimum atomic E-state index is -0.182. The van der Waals surface area contributed by atoms with Crippen LogP contribution >= 0.6 is 0 Å². The molecule has 2 heteroatoms. The molecule has 0 bridgehead atoms. The maximum absolute atomic E-state index is 12.6. The molecule has 0 aromatic carbocycles. The summed E-state index contributed by atoms with van der Waals surface area (Å²) in [7, 11) is 0. The second kappa shape index (κ2) is 3.96. The lowest BCUT2D eigenvalue weighted by Gasteiger charge is -2.03. The Balaban J connectivity index is 2.62. The molecule has 60 valence electrons. The monoisotopic (exact) mass is 153 g/mol. The van der Waals surface area contributed by atoms with Crippen molar-refractivity contribution >= 4 is 0 Å². The number of rotatable bonds is 2. The smallest absolute Gasteiger partial charge is 0.122 e. The van der Waals surface area contributed by atoms with Crippen LogP contribution in [0.2, 0.25) is 0 Å². The van der Waals surface area contributed by atoms with Crippen LogP contribution < -0.4 is 5.32 Å². The summed E-state index contributed by atoms with van der Waals surface area (Å²) < 4.78 is 12.6. The minimum absolute atomic E-state index is 0.182. The van der Waals surface area contributed by atoms with Crippen molar-refractivity contribution in [3.05, 3.63) is 35.8 Å². The van der Waals surface area contributed by atoms with Gasteiger partial charge in [-0.3, -0.25) is 0 Å². The van der Waals surface area contributed by atoms with Gasteiger partial charge in [-0.25, -0.2) is 4.39 Å². The van der Waals surface area contributed by atoms with Gasteiger partial charge in [0.25, 0.3) is 0 Å². The van der Waals surface area contributed by atoms with E-state index in [1.165, 1.54) is 12.2 Å². The summed E-state index contributed by atoms with van der Waals surface area (Å²) in [6, 6.07) is 0. The van der Waals surface area contributed by atoms with E-state index in [0.29, 0.717) is 0 Å². The number of nitrogens with one attached hydrogen (secondary N) is 1. The molecule has 0 spiro atoms. The summed E-state index contributed by atoms with van der Waals surface area (Å²) in [5, 5.41) is 3.14. The molecule has 0 fully saturated rings. The Morgan fingerprint density at radius 3 is 3.09 bits per heavy atom. The maximum atomic E-state index is 12.6. The van der Waals surface area contributed by atoms with Gasteiger partial charge in [0.15, 0.2) is 0 Å². The predicted molar refractivity (Wildman–Crippen MR) is 44.7 cm³/mol. The third-order valence-electron chi connectivity index (χ3n) is 1.46. The van der Waals surface area contributed by atoms with Crippen LogP contribution in [0.5, 0.6) is 0 Å². The predicted octanol–water partition coefficient (Wildman–Crippen LogP) is 2.29. The van der Waals surface area contributed by atoms with Gasteiger partial charge in [-0.05, 0) is 25.2 Å². The maximum Gasteiger partial charge on any atom is 0.122 e. The number of hydrogen-bond donors (Lipinski definition) is 1. The number of halogens is 1. The highest BCUT2D eigenvalue weighted by Gasteiger charge is 1.95. The van der Waals surface area contributed by atoms with Crippen molar-refractivity contribution in [3.63, 3.8) is 0 Å². The van der Waals surface area contributed by atoms with Crippen LogP contribution in [0.3, 0.4) is 0 Å². The fourth-order valence-electron chi connectivity index (χ4n) is 0.960. The molecule has 1 aliphatic carbocycles. The van der Waals surface area contributed by atoms with Crippen LogP contribution in [0.15, 0.2) is 35.8 Å². The first-order valence-electron chi connectivity index (χ1n) is 3.79. The fourth-order valence-corrected chi connectivity index (χ4v) is 0.960. The number of allylic oxidation sites excluding steroid dienone is 5.